The van der Waals surface area contributed by atoms with Crippen LogP contribution in [0, 0.1) is 23.0 Å². The molecule has 164 valence electrons. The molecule has 2 aromatic rings. The smallest absolute Gasteiger partial charge is 0.343 e. The first-order chi connectivity index (χ1) is 15.0. The molecule has 0 aliphatic carbocycles. The summed E-state index contributed by atoms with van der Waals surface area (Å²) in [6.07, 6.45) is 2.53. The molecular weight excluding hydrogens is 408 g/mol. The maximum absolute atomic E-state index is 13.9. The van der Waals surface area contributed by atoms with Gasteiger partial charge in [-0.25, -0.2) is 9.18 Å². The van der Waals surface area contributed by atoms with Crippen LogP contribution >= 0.6 is 0 Å². The van der Waals surface area contributed by atoms with Gasteiger partial charge in [-0.05, 0) is 36.2 Å². The van der Waals surface area contributed by atoms with Gasteiger partial charge in [0.2, 0.25) is 5.82 Å². The number of hydrogen-bond donors (Lipinski definition) is 0. The fourth-order valence-corrected chi connectivity index (χ4v) is 3.03. The highest BCUT2D eigenvalue weighted by Gasteiger charge is 2.24. The van der Waals surface area contributed by atoms with Crippen molar-refractivity contribution in [2.24, 2.45) is 0 Å². The lowest BCUT2D eigenvalue weighted by molar-refractivity contribution is -0.236. The largest absolute Gasteiger partial charge is 0.420 e. The Kier molecular flexibility index (Phi) is 8.06. The van der Waals surface area contributed by atoms with Crippen molar-refractivity contribution in [1.29, 1.82) is 5.26 Å². The van der Waals surface area contributed by atoms with E-state index in [1.807, 2.05) is 0 Å². The zero-order valence-corrected chi connectivity index (χ0v) is 17.1. The highest BCUT2D eigenvalue weighted by molar-refractivity contribution is 5.91. The van der Waals surface area contributed by atoms with Gasteiger partial charge in [0.15, 0.2) is 17.9 Å². The number of carbonyl (C=O) groups excluding carboxylic acids is 1. The lowest BCUT2D eigenvalue weighted by Gasteiger charge is -2.29. The highest BCUT2D eigenvalue weighted by Crippen LogP contribution is 2.26. The number of rotatable bonds is 8. The van der Waals surface area contributed by atoms with Crippen molar-refractivity contribution in [3.63, 3.8) is 0 Å². The molecule has 0 saturated carbocycles. The van der Waals surface area contributed by atoms with E-state index in [1.54, 1.807) is 12.1 Å². The monoisotopic (exact) mass is 431 g/mol. The average Bonchev–Trinajstić information content (AvgIpc) is 2.80. The van der Waals surface area contributed by atoms with E-state index in [9.17, 15) is 13.6 Å². The molecular formula is C23H23F2NO5. The summed E-state index contributed by atoms with van der Waals surface area (Å²) in [4.78, 5) is 12.3. The van der Waals surface area contributed by atoms with Gasteiger partial charge in [0.1, 0.15) is 12.2 Å². The van der Waals surface area contributed by atoms with Crippen molar-refractivity contribution in [3.8, 4) is 11.8 Å². The van der Waals surface area contributed by atoms with Crippen LogP contribution in [0.3, 0.4) is 0 Å². The SMILES string of the molecule is CCCCCOC1COC(c2ccc(C(=O)Oc3ccc(C#N)c(F)c3F)cc2)CO1. The Morgan fingerprint density at radius 2 is 1.87 bits per heavy atom. The van der Waals surface area contributed by atoms with Crippen LogP contribution in [-0.4, -0.2) is 32.1 Å². The Balaban J connectivity index is 1.54. The average molecular weight is 431 g/mol. The van der Waals surface area contributed by atoms with Crippen molar-refractivity contribution in [3.05, 3.63) is 64.7 Å². The standard InChI is InChI=1S/C23H23F2NO5/c1-2-3-4-11-28-20-14-29-19(13-30-20)15-5-7-16(8-6-15)23(27)31-18-10-9-17(12-26)21(24)22(18)25/h5-10,19-20H,2-4,11,13-14H2,1H3. The first kappa shape index (κ1) is 22.8. The first-order valence-electron chi connectivity index (χ1n) is 10.1. The number of esters is 1. The maximum Gasteiger partial charge on any atom is 0.343 e. The predicted molar refractivity (Wildman–Crippen MR) is 106 cm³/mol. The zero-order valence-electron chi connectivity index (χ0n) is 17.1. The number of unbranched alkanes of at least 4 members (excludes halogenated alkanes) is 2. The summed E-state index contributed by atoms with van der Waals surface area (Å²) in [7, 11) is 0. The molecule has 1 heterocycles. The normalized spacial score (nSPS) is 18.4. The number of hydrogen-bond acceptors (Lipinski definition) is 6. The van der Waals surface area contributed by atoms with E-state index in [2.05, 4.69) is 6.92 Å². The fourth-order valence-electron chi connectivity index (χ4n) is 3.03. The van der Waals surface area contributed by atoms with Crippen LogP contribution in [0.1, 0.15) is 53.8 Å². The summed E-state index contributed by atoms with van der Waals surface area (Å²) >= 11 is 0. The molecule has 2 atom stereocenters. The number of nitriles is 1. The van der Waals surface area contributed by atoms with Gasteiger partial charge in [0.25, 0.3) is 0 Å². The van der Waals surface area contributed by atoms with Crippen molar-refractivity contribution in [2.75, 3.05) is 19.8 Å². The van der Waals surface area contributed by atoms with Gasteiger partial charge in [0, 0.05) is 6.61 Å². The molecule has 1 fully saturated rings. The molecule has 3 rings (SSSR count). The lowest BCUT2D eigenvalue weighted by atomic mass is 10.1. The van der Waals surface area contributed by atoms with Gasteiger partial charge in [0.05, 0.1) is 24.3 Å². The number of nitrogens with zero attached hydrogens (tertiary/aromatic N) is 1. The Morgan fingerprint density at radius 1 is 1.10 bits per heavy atom. The van der Waals surface area contributed by atoms with Gasteiger partial charge in [-0.1, -0.05) is 31.9 Å². The Labute approximate surface area is 179 Å². The molecule has 0 bridgehead atoms. The molecule has 1 aliphatic rings. The van der Waals surface area contributed by atoms with E-state index in [4.69, 9.17) is 24.2 Å². The summed E-state index contributed by atoms with van der Waals surface area (Å²) in [6, 6.07) is 9.98. The third kappa shape index (κ3) is 5.85. The number of carbonyl (C=O) groups is 1. The molecule has 0 N–H and O–H groups in total. The lowest BCUT2D eigenvalue weighted by Crippen LogP contribution is -2.33. The molecule has 1 aliphatic heterocycles. The highest BCUT2D eigenvalue weighted by atomic mass is 19.2. The van der Waals surface area contributed by atoms with E-state index in [0.717, 1.165) is 37.0 Å². The molecule has 6 nitrogen and oxygen atoms in total. The topological polar surface area (TPSA) is 77.8 Å². The van der Waals surface area contributed by atoms with Gasteiger partial charge >= 0.3 is 5.97 Å². The third-order valence-corrected chi connectivity index (χ3v) is 4.81. The van der Waals surface area contributed by atoms with E-state index in [0.29, 0.717) is 19.8 Å². The van der Waals surface area contributed by atoms with Gasteiger partial charge < -0.3 is 18.9 Å². The van der Waals surface area contributed by atoms with E-state index in [1.165, 1.54) is 18.2 Å². The van der Waals surface area contributed by atoms with E-state index < -0.39 is 28.9 Å². The van der Waals surface area contributed by atoms with Crippen LogP contribution < -0.4 is 4.74 Å². The predicted octanol–water partition coefficient (Wildman–Crippen LogP) is 4.68. The zero-order chi connectivity index (χ0) is 22.2. The second kappa shape index (κ2) is 11.0. The molecule has 2 unspecified atom stereocenters. The summed E-state index contributed by atoms with van der Waals surface area (Å²) in [5, 5.41) is 8.71. The maximum atomic E-state index is 13.9. The molecule has 8 heteroatoms. The molecule has 31 heavy (non-hydrogen) atoms. The van der Waals surface area contributed by atoms with Crippen LogP contribution in [0.2, 0.25) is 0 Å². The van der Waals surface area contributed by atoms with Crippen LogP contribution in [0.5, 0.6) is 5.75 Å². The molecule has 0 spiro atoms. The third-order valence-electron chi connectivity index (χ3n) is 4.81. The first-order valence-corrected chi connectivity index (χ1v) is 10.1. The molecule has 0 amide bonds. The van der Waals surface area contributed by atoms with Crippen molar-refractivity contribution >= 4 is 5.97 Å². The minimum absolute atomic E-state index is 0.154. The summed E-state index contributed by atoms with van der Waals surface area (Å²) in [6.45, 7) is 3.38. The Hall–Kier alpha value is -2.86. The van der Waals surface area contributed by atoms with Crippen LogP contribution in [0.4, 0.5) is 8.78 Å². The van der Waals surface area contributed by atoms with Crippen LogP contribution in [-0.2, 0) is 14.2 Å². The van der Waals surface area contributed by atoms with Crippen molar-refractivity contribution < 1.29 is 32.5 Å². The number of benzene rings is 2. The Morgan fingerprint density at radius 3 is 2.52 bits per heavy atom. The van der Waals surface area contributed by atoms with E-state index >= 15 is 0 Å². The number of halogens is 2. The van der Waals surface area contributed by atoms with Crippen molar-refractivity contribution in [2.45, 2.75) is 38.6 Å². The van der Waals surface area contributed by atoms with Crippen LogP contribution in [0.25, 0.3) is 0 Å². The minimum Gasteiger partial charge on any atom is -0.420 e. The molecule has 0 radical (unpaired) electrons. The molecule has 0 aromatic heterocycles. The second-order valence-electron chi connectivity index (χ2n) is 7.03. The second-order valence-corrected chi connectivity index (χ2v) is 7.03. The summed E-state index contributed by atoms with van der Waals surface area (Å²) in [5.41, 5.74) is 0.489. The summed E-state index contributed by atoms with van der Waals surface area (Å²) < 4.78 is 49.7. The fraction of sp³-hybridized carbons (Fsp3) is 0.391. The quantitative estimate of drug-likeness (QED) is 0.343. The number of ether oxygens (including phenoxy) is 4. The van der Waals surface area contributed by atoms with Gasteiger partial charge in [-0.3, -0.25) is 0 Å². The van der Waals surface area contributed by atoms with Crippen molar-refractivity contribution in [1.82, 2.24) is 0 Å². The Bertz CT molecular complexity index is 934. The van der Waals surface area contributed by atoms with E-state index in [-0.39, 0.29) is 18.0 Å². The van der Waals surface area contributed by atoms with Gasteiger partial charge in [-0.2, -0.15) is 9.65 Å². The van der Waals surface area contributed by atoms with Gasteiger partial charge in [-0.15, -0.1) is 0 Å². The molecule has 1 saturated heterocycles. The minimum atomic E-state index is -1.39. The summed E-state index contributed by atoms with van der Waals surface area (Å²) in [5.74, 6) is -4.18. The molecule has 2 aromatic carbocycles. The van der Waals surface area contributed by atoms with Crippen LogP contribution in [0.15, 0.2) is 36.4 Å².